The molecular formula is C21H16F2N4O2. The van der Waals surface area contributed by atoms with Gasteiger partial charge in [-0.1, -0.05) is 36.3 Å². The summed E-state index contributed by atoms with van der Waals surface area (Å²) in [6, 6.07) is 13.7. The van der Waals surface area contributed by atoms with Crippen molar-refractivity contribution < 1.29 is 18.0 Å². The Kier molecular flexibility index (Phi) is 5.24. The summed E-state index contributed by atoms with van der Waals surface area (Å²) in [6.07, 6.45) is 0.658. The van der Waals surface area contributed by atoms with Crippen molar-refractivity contribution in [1.82, 2.24) is 20.1 Å². The quantitative estimate of drug-likeness (QED) is 0.475. The van der Waals surface area contributed by atoms with Crippen LogP contribution in [0.5, 0.6) is 5.88 Å². The monoisotopic (exact) mass is 394 g/mol. The van der Waals surface area contributed by atoms with Crippen LogP contribution >= 0.6 is 0 Å². The van der Waals surface area contributed by atoms with E-state index < -0.39 is 0 Å². The van der Waals surface area contributed by atoms with Crippen LogP contribution in [0.1, 0.15) is 18.5 Å². The fourth-order valence-electron chi connectivity index (χ4n) is 2.68. The number of aryl methyl sites for hydroxylation is 1. The maximum Gasteiger partial charge on any atom is 0.264 e. The van der Waals surface area contributed by atoms with Gasteiger partial charge in [0.05, 0.1) is 0 Å². The lowest BCUT2D eigenvalue weighted by atomic mass is 10.2. The van der Waals surface area contributed by atoms with Gasteiger partial charge in [-0.25, -0.2) is 13.8 Å². The van der Waals surface area contributed by atoms with E-state index in [9.17, 15) is 8.78 Å². The molecule has 0 saturated carbocycles. The average molecular weight is 394 g/mol. The predicted molar refractivity (Wildman–Crippen MR) is 101 cm³/mol. The average Bonchev–Trinajstić information content (AvgIpc) is 3.21. The fraction of sp³-hybridized carbons (Fsp3) is 0.143. The molecule has 0 aliphatic heterocycles. The smallest absolute Gasteiger partial charge is 0.264 e. The van der Waals surface area contributed by atoms with E-state index in [1.54, 1.807) is 30.3 Å². The molecule has 0 fully saturated rings. The molecular weight excluding hydrogens is 378 g/mol. The van der Waals surface area contributed by atoms with Gasteiger partial charge in [0.15, 0.2) is 12.4 Å². The molecule has 0 atom stereocenters. The molecule has 2 heterocycles. The molecule has 0 unspecified atom stereocenters. The SMILES string of the molecule is CCc1cc(OCc2nc(-c3cccc(F)c3)no2)nc(-c2cccc(F)c2)n1. The maximum atomic E-state index is 13.5. The van der Waals surface area contributed by atoms with Gasteiger partial charge >= 0.3 is 0 Å². The van der Waals surface area contributed by atoms with E-state index in [1.165, 1.54) is 24.3 Å². The van der Waals surface area contributed by atoms with Gasteiger partial charge in [0.25, 0.3) is 5.89 Å². The standard InChI is InChI=1S/C21H16F2N4O2/c1-2-17-11-18(25-20(24-17)13-5-3-7-15(22)9-13)28-12-19-26-21(27-29-19)14-6-4-8-16(23)10-14/h3-11H,2,12H2,1H3. The van der Waals surface area contributed by atoms with E-state index in [4.69, 9.17) is 9.26 Å². The Bertz CT molecular complexity index is 1150. The molecule has 0 radical (unpaired) electrons. The van der Waals surface area contributed by atoms with Crippen LogP contribution in [0.3, 0.4) is 0 Å². The molecule has 0 aliphatic carbocycles. The van der Waals surface area contributed by atoms with E-state index in [0.29, 0.717) is 29.3 Å². The number of nitrogens with zero attached hydrogens (tertiary/aromatic N) is 4. The molecule has 0 amide bonds. The minimum Gasteiger partial charge on any atom is -0.467 e. The molecule has 146 valence electrons. The van der Waals surface area contributed by atoms with Crippen molar-refractivity contribution in [2.45, 2.75) is 20.0 Å². The summed E-state index contributed by atoms with van der Waals surface area (Å²) in [6.45, 7) is 1.93. The van der Waals surface area contributed by atoms with Crippen molar-refractivity contribution in [3.63, 3.8) is 0 Å². The van der Waals surface area contributed by atoms with E-state index in [0.717, 1.165) is 5.69 Å². The summed E-state index contributed by atoms with van der Waals surface area (Å²) in [5.41, 5.74) is 1.81. The molecule has 29 heavy (non-hydrogen) atoms. The molecule has 0 bridgehead atoms. The van der Waals surface area contributed by atoms with Crippen LogP contribution in [0.15, 0.2) is 59.1 Å². The van der Waals surface area contributed by atoms with Gasteiger partial charge in [-0.2, -0.15) is 9.97 Å². The summed E-state index contributed by atoms with van der Waals surface area (Å²) < 4.78 is 37.7. The molecule has 8 heteroatoms. The van der Waals surface area contributed by atoms with E-state index in [1.807, 2.05) is 6.92 Å². The van der Waals surface area contributed by atoms with Crippen molar-refractivity contribution in [2.75, 3.05) is 0 Å². The summed E-state index contributed by atoms with van der Waals surface area (Å²) in [5.74, 6) is 0.398. The van der Waals surface area contributed by atoms with Crippen LogP contribution in [-0.4, -0.2) is 20.1 Å². The summed E-state index contributed by atoms with van der Waals surface area (Å²) >= 11 is 0. The first-order chi connectivity index (χ1) is 14.1. The lowest BCUT2D eigenvalue weighted by Crippen LogP contribution is -2.02. The molecule has 4 rings (SSSR count). The highest BCUT2D eigenvalue weighted by Gasteiger charge is 2.12. The van der Waals surface area contributed by atoms with Crippen molar-refractivity contribution in [3.8, 4) is 28.7 Å². The van der Waals surface area contributed by atoms with E-state index >= 15 is 0 Å². The Morgan fingerprint density at radius 1 is 0.862 bits per heavy atom. The van der Waals surface area contributed by atoms with Crippen LogP contribution < -0.4 is 4.74 Å². The highest BCUT2D eigenvalue weighted by atomic mass is 19.1. The zero-order valence-electron chi connectivity index (χ0n) is 15.5. The number of halogens is 2. The topological polar surface area (TPSA) is 73.9 Å². The van der Waals surface area contributed by atoms with Crippen molar-refractivity contribution in [3.05, 3.63) is 77.8 Å². The molecule has 2 aromatic carbocycles. The summed E-state index contributed by atoms with van der Waals surface area (Å²) in [5, 5.41) is 3.84. The summed E-state index contributed by atoms with van der Waals surface area (Å²) in [7, 11) is 0. The number of hydrogen-bond acceptors (Lipinski definition) is 6. The highest BCUT2D eigenvalue weighted by Crippen LogP contribution is 2.22. The van der Waals surface area contributed by atoms with Crippen LogP contribution in [0.4, 0.5) is 8.78 Å². The first-order valence-corrected chi connectivity index (χ1v) is 8.96. The van der Waals surface area contributed by atoms with Gasteiger partial charge in [-0.05, 0) is 30.7 Å². The molecule has 4 aromatic rings. The number of hydrogen-bond donors (Lipinski definition) is 0. The Balaban J connectivity index is 1.53. The number of aromatic nitrogens is 4. The third-order valence-corrected chi connectivity index (χ3v) is 4.10. The number of ether oxygens (including phenoxy) is 1. The highest BCUT2D eigenvalue weighted by molar-refractivity contribution is 5.56. The van der Waals surface area contributed by atoms with Crippen molar-refractivity contribution in [2.24, 2.45) is 0 Å². The molecule has 0 N–H and O–H groups in total. The van der Waals surface area contributed by atoms with Gasteiger partial charge in [0.1, 0.15) is 11.6 Å². The molecule has 2 aromatic heterocycles. The number of benzene rings is 2. The first-order valence-electron chi connectivity index (χ1n) is 8.96. The normalized spacial score (nSPS) is 10.9. The van der Waals surface area contributed by atoms with Crippen molar-refractivity contribution in [1.29, 1.82) is 0 Å². The van der Waals surface area contributed by atoms with Gasteiger partial charge in [-0.3, -0.25) is 0 Å². The first kappa shape index (κ1) is 18.7. The van der Waals surface area contributed by atoms with Crippen LogP contribution in [0.2, 0.25) is 0 Å². The fourth-order valence-corrected chi connectivity index (χ4v) is 2.68. The van der Waals surface area contributed by atoms with E-state index in [2.05, 4.69) is 20.1 Å². The largest absolute Gasteiger partial charge is 0.467 e. The minimum atomic E-state index is -0.386. The second-order valence-corrected chi connectivity index (χ2v) is 6.20. The Morgan fingerprint density at radius 2 is 1.55 bits per heavy atom. The maximum absolute atomic E-state index is 13.5. The molecule has 0 saturated heterocycles. The third-order valence-electron chi connectivity index (χ3n) is 4.10. The second-order valence-electron chi connectivity index (χ2n) is 6.20. The zero-order valence-corrected chi connectivity index (χ0v) is 15.5. The van der Waals surface area contributed by atoms with Gasteiger partial charge in [0.2, 0.25) is 11.7 Å². The Labute approximate surface area is 165 Å². The van der Waals surface area contributed by atoms with Gasteiger partial charge < -0.3 is 9.26 Å². The zero-order chi connectivity index (χ0) is 20.2. The number of rotatable bonds is 6. The Morgan fingerprint density at radius 3 is 2.21 bits per heavy atom. The Hall–Kier alpha value is -3.68. The lowest BCUT2D eigenvalue weighted by Gasteiger charge is -2.08. The van der Waals surface area contributed by atoms with Crippen LogP contribution in [0, 0.1) is 11.6 Å². The van der Waals surface area contributed by atoms with Crippen LogP contribution in [0.25, 0.3) is 22.8 Å². The van der Waals surface area contributed by atoms with E-state index in [-0.39, 0.29) is 30.0 Å². The second kappa shape index (κ2) is 8.14. The predicted octanol–water partition coefficient (Wildman–Crippen LogP) is 4.61. The minimum absolute atomic E-state index is 0.0227. The van der Waals surface area contributed by atoms with Crippen molar-refractivity contribution >= 4 is 0 Å². The molecule has 0 spiro atoms. The van der Waals surface area contributed by atoms with Crippen LogP contribution in [-0.2, 0) is 13.0 Å². The van der Waals surface area contributed by atoms with Gasteiger partial charge in [-0.15, -0.1) is 0 Å². The summed E-state index contributed by atoms with van der Waals surface area (Å²) in [4.78, 5) is 13.0. The third kappa shape index (κ3) is 4.43. The van der Waals surface area contributed by atoms with Gasteiger partial charge in [0, 0.05) is 22.9 Å². The molecule has 6 nitrogen and oxygen atoms in total. The molecule has 0 aliphatic rings. The lowest BCUT2D eigenvalue weighted by molar-refractivity contribution is 0.235.